The molecule has 5 nitrogen and oxygen atoms in total. The van der Waals surface area contributed by atoms with Gasteiger partial charge in [-0.05, 0) is 12.8 Å². The van der Waals surface area contributed by atoms with Crippen LogP contribution < -0.4 is 11.1 Å². The Labute approximate surface area is 90.3 Å². The van der Waals surface area contributed by atoms with Gasteiger partial charge in [-0.1, -0.05) is 6.92 Å². The first-order chi connectivity index (χ1) is 7.24. The van der Waals surface area contributed by atoms with Crippen LogP contribution in [0.15, 0.2) is 0 Å². The van der Waals surface area contributed by atoms with Gasteiger partial charge in [-0.2, -0.15) is 0 Å². The van der Waals surface area contributed by atoms with Crippen molar-refractivity contribution < 1.29 is 14.3 Å². The molecule has 88 valence electrons. The van der Waals surface area contributed by atoms with Gasteiger partial charge in [-0.3, -0.25) is 4.79 Å². The SMILES string of the molecule is CCC(N)CCNC(=O)C1COCCO1. The minimum atomic E-state index is -0.448. The topological polar surface area (TPSA) is 73.6 Å². The van der Waals surface area contributed by atoms with Crippen LogP contribution >= 0.6 is 0 Å². The number of carbonyl (C=O) groups excluding carboxylic acids is 1. The minimum Gasteiger partial charge on any atom is -0.376 e. The highest BCUT2D eigenvalue weighted by Gasteiger charge is 2.21. The van der Waals surface area contributed by atoms with Crippen LogP contribution in [0.2, 0.25) is 0 Å². The predicted molar refractivity (Wildman–Crippen MR) is 56.5 cm³/mol. The molecule has 0 aromatic carbocycles. The lowest BCUT2D eigenvalue weighted by atomic mass is 10.2. The molecule has 0 bridgehead atoms. The lowest BCUT2D eigenvalue weighted by Crippen LogP contribution is -2.43. The van der Waals surface area contributed by atoms with Gasteiger partial charge in [0, 0.05) is 12.6 Å². The molecule has 5 heteroatoms. The van der Waals surface area contributed by atoms with Crippen molar-refractivity contribution >= 4 is 5.91 Å². The molecule has 0 spiro atoms. The van der Waals surface area contributed by atoms with Gasteiger partial charge in [-0.15, -0.1) is 0 Å². The summed E-state index contributed by atoms with van der Waals surface area (Å²) in [6, 6.07) is 0.161. The Morgan fingerprint density at radius 2 is 2.40 bits per heavy atom. The summed E-state index contributed by atoms with van der Waals surface area (Å²) in [4.78, 5) is 11.5. The molecule has 0 aliphatic carbocycles. The zero-order valence-corrected chi connectivity index (χ0v) is 9.20. The van der Waals surface area contributed by atoms with Crippen molar-refractivity contribution in [3.05, 3.63) is 0 Å². The van der Waals surface area contributed by atoms with E-state index < -0.39 is 6.10 Å². The second kappa shape index (κ2) is 6.76. The molecule has 2 unspecified atom stereocenters. The van der Waals surface area contributed by atoms with E-state index >= 15 is 0 Å². The zero-order valence-electron chi connectivity index (χ0n) is 9.20. The van der Waals surface area contributed by atoms with Crippen LogP contribution in [0, 0.1) is 0 Å². The highest BCUT2D eigenvalue weighted by molar-refractivity contribution is 5.80. The van der Waals surface area contributed by atoms with Crippen LogP contribution in [0.5, 0.6) is 0 Å². The van der Waals surface area contributed by atoms with Crippen molar-refractivity contribution in [3.63, 3.8) is 0 Å². The third kappa shape index (κ3) is 4.59. The number of hydrogen-bond acceptors (Lipinski definition) is 4. The van der Waals surface area contributed by atoms with Crippen molar-refractivity contribution in [1.82, 2.24) is 5.32 Å². The fourth-order valence-corrected chi connectivity index (χ4v) is 1.34. The summed E-state index contributed by atoms with van der Waals surface area (Å²) >= 11 is 0. The fraction of sp³-hybridized carbons (Fsp3) is 0.900. The summed E-state index contributed by atoms with van der Waals surface area (Å²) in [6.07, 6.45) is 1.28. The van der Waals surface area contributed by atoms with Crippen molar-refractivity contribution in [1.29, 1.82) is 0 Å². The average Bonchev–Trinajstić information content (AvgIpc) is 2.29. The Bertz CT molecular complexity index is 193. The van der Waals surface area contributed by atoms with E-state index in [2.05, 4.69) is 5.32 Å². The van der Waals surface area contributed by atoms with Crippen LogP contribution in [-0.4, -0.2) is 44.4 Å². The van der Waals surface area contributed by atoms with E-state index in [0.717, 1.165) is 12.8 Å². The molecule has 1 aliphatic rings. The predicted octanol–water partition coefficient (Wildman–Crippen LogP) is -0.355. The number of amides is 1. The molecule has 15 heavy (non-hydrogen) atoms. The van der Waals surface area contributed by atoms with Gasteiger partial charge in [0.05, 0.1) is 19.8 Å². The van der Waals surface area contributed by atoms with Crippen LogP contribution in [-0.2, 0) is 14.3 Å². The largest absolute Gasteiger partial charge is 0.376 e. The summed E-state index contributed by atoms with van der Waals surface area (Å²) in [5, 5.41) is 2.79. The highest BCUT2D eigenvalue weighted by atomic mass is 16.6. The number of carbonyl (C=O) groups is 1. The monoisotopic (exact) mass is 216 g/mol. The first kappa shape index (κ1) is 12.4. The lowest BCUT2D eigenvalue weighted by Gasteiger charge is -2.22. The third-order valence-electron chi connectivity index (χ3n) is 2.45. The maximum atomic E-state index is 11.5. The van der Waals surface area contributed by atoms with E-state index in [1.165, 1.54) is 0 Å². The molecule has 0 radical (unpaired) electrons. The second-order valence-electron chi connectivity index (χ2n) is 3.68. The molecule has 3 N–H and O–H groups in total. The second-order valence-corrected chi connectivity index (χ2v) is 3.68. The number of rotatable bonds is 5. The molecule has 1 saturated heterocycles. The van der Waals surface area contributed by atoms with Crippen LogP contribution in [0.1, 0.15) is 19.8 Å². The average molecular weight is 216 g/mol. The number of nitrogens with one attached hydrogen (secondary N) is 1. The van der Waals surface area contributed by atoms with Gasteiger partial charge >= 0.3 is 0 Å². The molecule has 0 saturated carbocycles. The van der Waals surface area contributed by atoms with Crippen molar-refractivity contribution in [2.45, 2.75) is 31.9 Å². The Hall–Kier alpha value is -0.650. The Morgan fingerprint density at radius 1 is 1.60 bits per heavy atom. The normalized spacial score (nSPS) is 23.5. The third-order valence-corrected chi connectivity index (χ3v) is 2.45. The Morgan fingerprint density at radius 3 is 3.00 bits per heavy atom. The van der Waals surface area contributed by atoms with Crippen molar-refractivity contribution in [2.24, 2.45) is 5.73 Å². The first-order valence-electron chi connectivity index (χ1n) is 5.46. The van der Waals surface area contributed by atoms with Gasteiger partial charge in [0.2, 0.25) is 0 Å². The number of ether oxygens (including phenoxy) is 2. The quantitative estimate of drug-likeness (QED) is 0.658. The first-order valence-corrected chi connectivity index (χ1v) is 5.46. The van der Waals surface area contributed by atoms with Crippen molar-refractivity contribution in [3.8, 4) is 0 Å². The molecule has 1 heterocycles. The van der Waals surface area contributed by atoms with E-state index in [9.17, 15) is 4.79 Å². The van der Waals surface area contributed by atoms with Gasteiger partial charge in [-0.25, -0.2) is 0 Å². The molecule has 1 aliphatic heterocycles. The van der Waals surface area contributed by atoms with Gasteiger partial charge < -0.3 is 20.5 Å². The molecule has 0 aromatic rings. The fourth-order valence-electron chi connectivity index (χ4n) is 1.34. The molecule has 1 amide bonds. The number of hydrogen-bond donors (Lipinski definition) is 2. The molecule has 2 atom stereocenters. The molecule has 1 fully saturated rings. The van der Waals surface area contributed by atoms with Crippen molar-refractivity contribution in [2.75, 3.05) is 26.4 Å². The van der Waals surface area contributed by atoms with E-state index in [-0.39, 0.29) is 11.9 Å². The maximum absolute atomic E-state index is 11.5. The lowest BCUT2D eigenvalue weighted by molar-refractivity contribution is -0.147. The molecule has 0 aromatic heterocycles. The van der Waals surface area contributed by atoms with Gasteiger partial charge in [0.1, 0.15) is 0 Å². The maximum Gasteiger partial charge on any atom is 0.251 e. The molecule has 1 rings (SSSR count). The Kier molecular flexibility index (Phi) is 5.60. The van der Waals surface area contributed by atoms with E-state index in [1.807, 2.05) is 6.92 Å². The zero-order chi connectivity index (χ0) is 11.1. The smallest absolute Gasteiger partial charge is 0.251 e. The summed E-state index contributed by atoms with van der Waals surface area (Å²) in [5.41, 5.74) is 5.73. The Balaban J connectivity index is 2.12. The van der Waals surface area contributed by atoms with Crippen LogP contribution in [0.4, 0.5) is 0 Å². The summed E-state index contributed by atoms with van der Waals surface area (Å²) in [5.74, 6) is -0.0991. The standard InChI is InChI=1S/C10H20N2O3/c1-2-8(11)3-4-12-10(13)9-7-14-5-6-15-9/h8-9H,2-7,11H2,1H3,(H,12,13). The van der Waals surface area contributed by atoms with Crippen LogP contribution in [0.25, 0.3) is 0 Å². The van der Waals surface area contributed by atoms with Gasteiger partial charge in [0.15, 0.2) is 6.10 Å². The minimum absolute atomic E-state index is 0.0991. The summed E-state index contributed by atoms with van der Waals surface area (Å²) in [7, 11) is 0. The molecular formula is C10H20N2O3. The summed E-state index contributed by atoms with van der Waals surface area (Å²) < 4.78 is 10.4. The van der Waals surface area contributed by atoms with E-state index in [4.69, 9.17) is 15.2 Å². The van der Waals surface area contributed by atoms with Gasteiger partial charge in [0.25, 0.3) is 5.91 Å². The molecular weight excluding hydrogens is 196 g/mol. The van der Waals surface area contributed by atoms with Crippen LogP contribution in [0.3, 0.4) is 0 Å². The number of nitrogens with two attached hydrogens (primary N) is 1. The van der Waals surface area contributed by atoms with E-state index in [1.54, 1.807) is 0 Å². The summed E-state index contributed by atoms with van der Waals surface area (Å²) in [6.45, 7) is 4.06. The van der Waals surface area contributed by atoms with E-state index in [0.29, 0.717) is 26.4 Å². The highest BCUT2D eigenvalue weighted by Crippen LogP contribution is 2.00.